The van der Waals surface area contributed by atoms with Gasteiger partial charge in [0.05, 0.1) is 11.2 Å². The van der Waals surface area contributed by atoms with Crippen molar-refractivity contribution in [3.05, 3.63) is 12.2 Å². The summed E-state index contributed by atoms with van der Waals surface area (Å²) in [6, 6.07) is 0. The fourth-order valence-corrected chi connectivity index (χ4v) is 0.219. The van der Waals surface area contributed by atoms with E-state index in [1.807, 2.05) is 0 Å². The molecule has 50 valence electrons. The van der Waals surface area contributed by atoms with Gasteiger partial charge in [-0.3, -0.25) is 4.79 Å². The monoisotopic (exact) mass is 131 g/mol. The molecule has 0 aromatic carbocycles. The van der Waals surface area contributed by atoms with E-state index in [0.29, 0.717) is 0 Å². The lowest BCUT2D eigenvalue weighted by Gasteiger charge is -1.85. The predicted molar refractivity (Wildman–Crippen MR) is 31.8 cm³/mol. The second-order valence-corrected chi connectivity index (χ2v) is 1.37. The van der Waals surface area contributed by atoms with Gasteiger partial charge in [0.2, 0.25) is 0 Å². The molecule has 0 radical (unpaired) electrons. The van der Waals surface area contributed by atoms with Crippen LogP contribution in [0.1, 0.15) is 11.0 Å². The second-order valence-electron chi connectivity index (χ2n) is 1.37. The molecule has 0 unspecified atom stereocenters. The van der Waals surface area contributed by atoms with Gasteiger partial charge in [0.25, 0.3) is 0 Å². The number of hydrogen-bond donors (Lipinski definition) is 0. The van der Waals surface area contributed by atoms with Crippen molar-refractivity contribution < 1.29 is 18.4 Å². The highest BCUT2D eigenvalue weighted by Crippen LogP contribution is 1.78. The van der Waals surface area contributed by atoms with Crippen LogP contribution in [-0.4, -0.2) is 18.8 Å². The minimum Gasteiger partial charge on any atom is -0.466 e. The molecule has 0 aliphatic rings. The zero-order valence-electron chi connectivity index (χ0n) is 7.88. The smallest absolute Gasteiger partial charge is 0.330 e. The maximum atomic E-state index is 10.5. The Morgan fingerprint density at radius 2 is 2.22 bits per heavy atom. The molecule has 0 aromatic heterocycles. The molecule has 9 heavy (non-hydrogen) atoms. The maximum Gasteiger partial charge on any atom is 0.330 e. The number of rotatable bonds is 2. The first-order valence-corrected chi connectivity index (χ1v) is 2.23. The summed E-state index contributed by atoms with van der Waals surface area (Å²) in [5, 5.41) is 0. The van der Waals surface area contributed by atoms with Crippen LogP contribution in [0.3, 0.4) is 0 Å². The van der Waals surface area contributed by atoms with Crippen molar-refractivity contribution >= 4 is 11.8 Å². The van der Waals surface area contributed by atoms with Crippen molar-refractivity contribution in [2.75, 3.05) is 7.04 Å². The highest BCUT2D eigenvalue weighted by molar-refractivity contribution is 5.94. The number of carbonyl (C=O) groups is 2. The minimum absolute atomic E-state index is 0.350. The summed E-state index contributed by atoms with van der Waals surface area (Å²) in [6.45, 7) is 1.24. The normalized spacial score (nSPS) is 15.9. The zero-order valence-corrected chi connectivity index (χ0v) is 4.88. The predicted octanol–water partition coefficient (Wildman–Crippen LogP) is 0.305. The number of allylic oxidation sites excluding steroid dienone is 1. The molecule has 0 fully saturated rings. The molecule has 0 atom stereocenters. The molecule has 0 saturated heterocycles. The topological polar surface area (TPSA) is 43.4 Å². The standard InChI is InChI=1S/C6H8O3/c1-5(7)3-4-6(8)9-2/h3-4H,1-2H3/b4-3+/i2D3. The summed E-state index contributed by atoms with van der Waals surface area (Å²) in [6.07, 6.45) is 1.71. The van der Waals surface area contributed by atoms with Crippen molar-refractivity contribution in [1.82, 2.24) is 0 Å². The van der Waals surface area contributed by atoms with E-state index in [0.717, 1.165) is 12.2 Å². The van der Waals surface area contributed by atoms with E-state index in [4.69, 9.17) is 4.11 Å². The van der Waals surface area contributed by atoms with Crippen LogP contribution in [0.2, 0.25) is 0 Å². The third-order valence-electron chi connectivity index (χ3n) is 0.555. The van der Waals surface area contributed by atoms with Gasteiger partial charge in [0.15, 0.2) is 5.78 Å². The third-order valence-corrected chi connectivity index (χ3v) is 0.555. The molecule has 0 rings (SSSR count). The summed E-state index contributed by atoms with van der Waals surface area (Å²) >= 11 is 0. The Bertz CT molecular complexity index is 217. The lowest BCUT2D eigenvalue weighted by Crippen LogP contribution is -1.95. The molecule has 0 bridgehead atoms. The van der Waals surface area contributed by atoms with Gasteiger partial charge in [-0.2, -0.15) is 0 Å². The maximum absolute atomic E-state index is 10.5. The van der Waals surface area contributed by atoms with E-state index in [1.54, 1.807) is 0 Å². The van der Waals surface area contributed by atoms with Gasteiger partial charge in [-0.1, -0.05) is 0 Å². The van der Waals surface area contributed by atoms with E-state index >= 15 is 0 Å². The molecule has 0 N–H and O–H groups in total. The number of ketones is 1. The van der Waals surface area contributed by atoms with Gasteiger partial charge < -0.3 is 4.74 Å². The van der Waals surface area contributed by atoms with Gasteiger partial charge >= 0.3 is 5.97 Å². The van der Waals surface area contributed by atoms with Gasteiger partial charge in [0.1, 0.15) is 0 Å². The number of carbonyl (C=O) groups excluding carboxylic acids is 2. The van der Waals surface area contributed by atoms with E-state index in [-0.39, 0.29) is 5.78 Å². The quantitative estimate of drug-likeness (QED) is 0.400. The Hall–Kier alpha value is -1.12. The number of esters is 1. The number of ether oxygens (including phenoxy) is 1. The summed E-state index contributed by atoms with van der Waals surface area (Å²) < 4.78 is 23.5. The molecule has 0 amide bonds. The first kappa shape index (κ1) is 3.82. The first-order valence-electron chi connectivity index (χ1n) is 3.73. The Labute approximate surface area is 57.5 Å². The van der Waals surface area contributed by atoms with Gasteiger partial charge in [-0.05, 0) is 13.0 Å². The Balaban J connectivity index is 3.99. The molecule has 3 heteroatoms. The lowest BCUT2D eigenvalue weighted by molar-refractivity contribution is -0.135. The summed E-state index contributed by atoms with van der Waals surface area (Å²) in [5.74, 6) is -1.40. The van der Waals surface area contributed by atoms with Crippen molar-refractivity contribution in [3.8, 4) is 0 Å². The van der Waals surface area contributed by atoms with Gasteiger partial charge in [0, 0.05) is 6.08 Å². The molecule has 0 spiro atoms. The van der Waals surface area contributed by atoms with E-state index < -0.39 is 13.0 Å². The average Bonchev–Trinajstić information content (AvgIpc) is 1.79. The van der Waals surface area contributed by atoms with Crippen LogP contribution in [0.15, 0.2) is 12.2 Å². The van der Waals surface area contributed by atoms with Gasteiger partial charge in [-0.15, -0.1) is 0 Å². The zero-order chi connectivity index (χ0) is 9.78. The summed E-state index contributed by atoms with van der Waals surface area (Å²) in [7, 11) is -2.75. The van der Waals surface area contributed by atoms with Crippen molar-refractivity contribution in [1.29, 1.82) is 0 Å². The highest BCUT2D eigenvalue weighted by Gasteiger charge is 1.89. The summed E-state index contributed by atoms with van der Waals surface area (Å²) in [4.78, 5) is 20.8. The number of hydrogen-bond acceptors (Lipinski definition) is 3. The van der Waals surface area contributed by atoms with Gasteiger partial charge in [-0.25, -0.2) is 4.79 Å². The molecule has 0 aliphatic heterocycles. The van der Waals surface area contributed by atoms with Crippen LogP contribution in [0.25, 0.3) is 0 Å². The Morgan fingerprint density at radius 1 is 1.56 bits per heavy atom. The molecule has 0 saturated carbocycles. The van der Waals surface area contributed by atoms with Crippen LogP contribution in [0.5, 0.6) is 0 Å². The molecule has 0 aromatic rings. The van der Waals surface area contributed by atoms with E-state index in [2.05, 4.69) is 4.74 Å². The SMILES string of the molecule is [2H]C([2H])([2H])OC(=O)/C=C/C(C)=O. The molecular weight excluding hydrogens is 120 g/mol. The molecule has 0 aliphatic carbocycles. The highest BCUT2D eigenvalue weighted by atomic mass is 16.5. The first-order chi connectivity index (χ1) is 5.31. The van der Waals surface area contributed by atoms with Crippen LogP contribution < -0.4 is 0 Å². The second kappa shape index (κ2) is 3.83. The van der Waals surface area contributed by atoms with Crippen molar-refractivity contribution in [2.45, 2.75) is 6.92 Å². The third kappa shape index (κ3) is 4.74. The average molecular weight is 131 g/mol. The van der Waals surface area contributed by atoms with E-state index in [9.17, 15) is 9.59 Å². The van der Waals surface area contributed by atoms with Crippen LogP contribution >= 0.6 is 0 Å². The molecular formula is C6H8O3. The lowest BCUT2D eigenvalue weighted by atomic mass is 10.4. The fourth-order valence-electron chi connectivity index (χ4n) is 0.219. The van der Waals surface area contributed by atoms with Crippen LogP contribution in [0.4, 0.5) is 0 Å². The van der Waals surface area contributed by atoms with E-state index in [1.165, 1.54) is 6.92 Å². The largest absolute Gasteiger partial charge is 0.466 e. The van der Waals surface area contributed by atoms with Crippen molar-refractivity contribution in [2.24, 2.45) is 0 Å². The Morgan fingerprint density at radius 3 is 2.67 bits per heavy atom. The Kier molecular flexibility index (Phi) is 1.63. The molecule has 0 heterocycles. The summed E-state index contributed by atoms with van der Waals surface area (Å²) in [5.41, 5.74) is 0. The fraction of sp³-hybridized carbons (Fsp3) is 0.333. The van der Waals surface area contributed by atoms with Crippen molar-refractivity contribution in [3.63, 3.8) is 0 Å². The van der Waals surface area contributed by atoms with Crippen LogP contribution in [0, 0.1) is 0 Å². The molecule has 3 nitrogen and oxygen atoms in total. The number of methoxy groups -OCH3 is 1. The minimum atomic E-state index is -2.75. The van der Waals surface area contributed by atoms with Crippen LogP contribution in [-0.2, 0) is 14.3 Å².